The molecule has 0 saturated heterocycles. The molecule has 1 N–H and O–H groups in total. The predicted octanol–water partition coefficient (Wildman–Crippen LogP) is 3.98. The Kier molecular flexibility index (Phi) is 5.27. The number of nitrogens with one attached hydrogen (secondary N) is 1. The summed E-state index contributed by atoms with van der Waals surface area (Å²) in [7, 11) is 1.95. The Hall–Kier alpha value is -3.21. The lowest BCUT2D eigenvalue weighted by atomic mass is 10.1. The molecule has 0 saturated carbocycles. The highest BCUT2D eigenvalue weighted by molar-refractivity contribution is 6.03. The SMILES string of the molecule is Cc1ccc(NC(=O)c2ccc(N(C)Cc3ccccc3)nn2)c(C)c1. The molecule has 5 heteroatoms. The van der Waals surface area contributed by atoms with Gasteiger partial charge in [0.1, 0.15) is 0 Å². The molecule has 0 atom stereocenters. The topological polar surface area (TPSA) is 58.1 Å². The van der Waals surface area contributed by atoms with Crippen molar-refractivity contribution >= 4 is 17.4 Å². The van der Waals surface area contributed by atoms with E-state index in [1.165, 1.54) is 5.56 Å². The van der Waals surface area contributed by atoms with E-state index < -0.39 is 0 Å². The fourth-order valence-electron chi connectivity index (χ4n) is 2.73. The molecule has 2 aromatic carbocycles. The lowest BCUT2D eigenvalue weighted by Crippen LogP contribution is -2.20. The van der Waals surface area contributed by atoms with E-state index in [-0.39, 0.29) is 5.91 Å². The van der Waals surface area contributed by atoms with E-state index in [1.54, 1.807) is 6.07 Å². The van der Waals surface area contributed by atoms with Crippen molar-refractivity contribution in [3.05, 3.63) is 83.0 Å². The second kappa shape index (κ2) is 7.78. The molecule has 26 heavy (non-hydrogen) atoms. The van der Waals surface area contributed by atoms with Crippen molar-refractivity contribution in [1.82, 2.24) is 10.2 Å². The van der Waals surface area contributed by atoms with Crippen LogP contribution in [0.4, 0.5) is 11.5 Å². The molecule has 0 aliphatic heterocycles. The highest BCUT2D eigenvalue weighted by Crippen LogP contribution is 2.17. The molecular weight excluding hydrogens is 324 g/mol. The third kappa shape index (κ3) is 4.25. The van der Waals surface area contributed by atoms with Gasteiger partial charge >= 0.3 is 0 Å². The van der Waals surface area contributed by atoms with Crippen LogP contribution in [0.15, 0.2) is 60.7 Å². The normalized spacial score (nSPS) is 10.4. The summed E-state index contributed by atoms with van der Waals surface area (Å²) < 4.78 is 0. The third-order valence-electron chi connectivity index (χ3n) is 4.17. The zero-order valence-electron chi connectivity index (χ0n) is 15.2. The molecule has 1 heterocycles. The molecule has 0 unspecified atom stereocenters. The summed E-state index contributed by atoms with van der Waals surface area (Å²) in [6.45, 7) is 4.72. The molecule has 0 spiro atoms. The van der Waals surface area contributed by atoms with Gasteiger partial charge in [-0.3, -0.25) is 4.79 Å². The van der Waals surface area contributed by atoms with Gasteiger partial charge in [-0.25, -0.2) is 0 Å². The van der Waals surface area contributed by atoms with Gasteiger partial charge in [-0.05, 0) is 43.2 Å². The number of carbonyl (C=O) groups is 1. The summed E-state index contributed by atoms with van der Waals surface area (Å²) in [4.78, 5) is 14.4. The maximum absolute atomic E-state index is 12.4. The molecule has 3 aromatic rings. The fraction of sp³-hybridized carbons (Fsp3) is 0.190. The zero-order chi connectivity index (χ0) is 18.5. The number of aryl methyl sites for hydroxylation is 2. The number of amides is 1. The number of carbonyl (C=O) groups excluding carboxylic acids is 1. The molecule has 0 radical (unpaired) electrons. The summed E-state index contributed by atoms with van der Waals surface area (Å²) in [6, 6.07) is 19.6. The maximum Gasteiger partial charge on any atom is 0.276 e. The van der Waals surface area contributed by atoms with E-state index in [9.17, 15) is 4.79 Å². The lowest BCUT2D eigenvalue weighted by molar-refractivity contribution is 0.102. The summed E-state index contributed by atoms with van der Waals surface area (Å²) in [5.41, 5.74) is 4.44. The number of benzene rings is 2. The number of anilines is 2. The summed E-state index contributed by atoms with van der Waals surface area (Å²) in [5.74, 6) is 0.457. The fourth-order valence-corrected chi connectivity index (χ4v) is 2.73. The highest BCUT2D eigenvalue weighted by atomic mass is 16.1. The second-order valence-corrected chi connectivity index (χ2v) is 6.39. The van der Waals surface area contributed by atoms with E-state index in [0.29, 0.717) is 5.69 Å². The molecule has 1 aromatic heterocycles. The highest BCUT2D eigenvalue weighted by Gasteiger charge is 2.11. The maximum atomic E-state index is 12.4. The lowest BCUT2D eigenvalue weighted by Gasteiger charge is -2.17. The third-order valence-corrected chi connectivity index (χ3v) is 4.17. The van der Waals surface area contributed by atoms with Crippen molar-refractivity contribution in [3.8, 4) is 0 Å². The van der Waals surface area contributed by atoms with E-state index in [1.807, 2.05) is 68.3 Å². The van der Waals surface area contributed by atoms with Crippen LogP contribution in [-0.2, 0) is 6.54 Å². The minimum Gasteiger partial charge on any atom is -0.354 e. The van der Waals surface area contributed by atoms with Crippen LogP contribution in [0.3, 0.4) is 0 Å². The van der Waals surface area contributed by atoms with E-state index in [0.717, 1.165) is 29.2 Å². The Morgan fingerprint density at radius 2 is 1.77 bits per heavy atom. The molecule has 0 bridgehead atoms. The van der Waals surface area contributed by atoms with Crippen LogP contribution in [0.25, 0.3) is 0 Å². The molecule has 0 aliphatic carbocycles. The minimum absolute atomic E-state index is 0.262. The van der Waals surface area contributed by atoms with Crippen molar-refractivity contribution in [1.29, 1.82) is 0 Å². The predicted molar refractivity (Wildman–Crippen MR) is 104 cm³/mol. The molecule has 5 nitrogen and oxygen atoms in total. The van der Waals surface area contributed by atoms with E-state index in [4.69, 9.17) is 0 Å². The van der Waals surface area contributed by atoms with E-state index >= 15 is 0 Å². The molecule has 3 rings (SSSR count). The number of hydrogen-bond donors (Lipinski definition) is 1. The summed E-state index contributed by atoms with van der Waals surface area (Å²) >= 11 is 0. The Morgan fingerprint density at radius 3 is 2.42 bits per heavy atom. The first kappa shape index (κ1) is 17.6. The van der Waals surface area contributed by atoms with Gasteiger partial charge in [0.25, 0.3) is 5.91 Å². The second-order valence-electron chi connectivity index (χ2n) is 6.39. The van der Waals surface area contributed by atoms with Crippen molar-refractivity contribution in [3.63, 3.8) is 0 Å². The molecular formula is C21H22N4O. The van der Waals surface area contributed by atoms with Crippen molar-refractivity contribution in [2.75, 3.05) is 17.3 Å². The Balaban J connectivity index is 1.67. The molecule has 0 fully saturated rings. The van der Waals surface area contributed by atoms with Crippen molar-refractivity contribution in [2.45, 2.75) is 20.4 Å². The number of nitrogens with zero attached hydrogens (tertiary/aromatic N) is 3. The first-order chi connectivity index (χ1) is 12.5. The average Bonchev–Trinajstić information content (AvgIpc) is 2.65. The number of aromatic nitrogens is 2. The van der Waals surface area contributed by atoms with Gasteiger partial charge in [0, 0.05) is 19.3 Å². The monoisotopic (exact) mass is 346 g/mol. The zero-order valence-corrected chi connectivity index (χ0v) is 15.2. The van der Waals surface area contributed by atoms with Crippen LogP contribution in [0, 0.1) is 13.8 Å². The molecule has 132 valence electrons. The van der Waals surface area contributed by atoms with Crippen LogP contribution in [0.5, 0.6) is 0 Å². The first-order valence-corrected chi connectivity index (χ1v) is 8.50. The minimum atomic E-state index is -0.262. The van der Waals surface area contributed by atoms with Crippen LogP contribution in [0.1, 0.15) is 27.2 Å². The average molecular weight is 346 g/mol. The summed E-state index contributed by atoms with van der Waals surface area (Å²) in [6.07, 6.45) is 0. The van der Waals surface area contributed by atoms with Crippen LogP contribution in [0.2, 0.25) is 0 Å². The van der Waals surface area contributed by atoms with Crippen molar-refractivity contribution in [2.24, 2.45) is 0 Å². The van der Waals surface area contributed by atoms with Crippen LogP contribution >= 0.6 is 0 Å². The van der Waals surface area contributed by atoms with E-state index in [2.05, 4.69) is 27.6 Å². The van der Waals surface area contributed by atoms with Gasteiger partial charge in [0.15, 0.2) is 11.5 Å². The van der Waals surface area contributed by atoms with Crippen molar-refractivity contribution < 1.29 is 4.79 Å². The number of rotatable bonds is 5. The van der Waals surface area contributed by atoms with Gasteiger partial charge in [-0.1, -0.05) is 48.0 Å². The number of hydrogen-bond acceptors (Lipinski definition) is 4. The Morgan fingerprint density at radius 1 is 1.00 bits per heavy atom. The largest absolute Gasteiger partial charge is 0.354 e. The quantitative estimate of drug-likeness (QED) is 0.759. The Bertz CT molecular complexity index is 892. The molecule has 1 amide bonds. The standard InChI is InChI=1S/C21H22N4O/c1-15-9-10-18(16(2)13-15)22-21(26)19-11-12-20(24-23-19)25(3)14-17-7-5-4-6-8-17/h4-13H,14H2,1-3H3,(H,22,26). The van der Waals surface area contributed by atoms with Gasteiger partial charge in [-0.15, -0.1) is 10.2 Å². The van der Waals surface area contributed by atoms with Crippen LogP contribution in [-0.4, -0.2) is 23.2 Å². The summed E-state index contributed by atoms with van der Waals surface area (Å²) in [5, 5.41) is 11.2. The smallest absolute Gasteiger partial charge is 0.276 e. The van der Waals surface area contributed by atoms with Crippen LogP contribution < -0.4 is 10.2 Å². The Labute approximate surface area is 153 Å². The van der Waals surface area contributed by atoms with Gasteiger partial charge in [0.2, 0.25) is 0 Å². The van der Waals surface area contributed by atoms with Gasteiger partial charge < -0.3 is 10.2 Å². The first-order valence-electron chi connectivity index (χ1n) is 8.50. The van der Waals surface area contributed by atoms with Gasteiger partial charge in [-0.2, -0.15) is 0 Å². The van der Waals surface area contributed by atoms with Gasteiger partial charge in [0.05, 0.1) is 0 Å². The molecule has 0 aliphatic rings.